The van der Waals surface area contributed by atoms with Gasteiger partial charge in [0.25, 0.3) is 0 Å². The Bertz CT molecular complexity index is 81.3. The molecule has 10 heavy (non-hydrogen) atoms. The average Bonchev–Trinajstić information content (AvgIpc) is 1.92. The van der Waals surface area contributed by atoms with Crippen LogP contribution in [0.1, 0.15) is 25.7 Å². The first-order chi connectivity index (χ1) is 4.21. The third-order valence-electron chi connectivity index (χ3n) is 2.28. The van der Waals surface area contributed by atoms with Gasteiger partial charge >= 0.3 is 0 Å². The molecule has 62 valence electrons. The highest BCUT2D eigenvalue weighted by atomic mass is 127. The SMILES string of the molecule is C[N+]1(C)CCCCCC1.[I-]. The van der Waals surface area contributed by atoms with Crippen molar-refractivity contribution in [3.8, 4) is 0 Å². The fourth-order valence-corrected chi connectivity index (χ4v) is 1.55. The lowest BCUT2D eigenvalue weighted by Crippen LogP contribution is -3.00. The van der Waals surface area contributed by atoms with Gasteiger partial charge in [-0.3, -0.25) is 0 Å². The molecule has 1 aliphatic heterocycles. The summed E-state index contributed by atoms with van der Waals surface area (Å²) in [6, 6.07) is 0. The van der Waals surface area contributed by atoms with Gasteiger partial charge in [0, 0.05) is 0 Å². The lowest BCUT2D eigenvalue weighted by molar-refractivity contribution is -0.889. The zero-order chi connectivity index (χ0) is 6.74. The summed E-state index contributed by atoms with van der Waals surface area (Å²) >= 11 is 0. The summed E-state index contributed by atoms with van der Waals surface area (Å²) in [4.78, 5) is 0. The summed E-state index contributed by atoms with van der Waals surface area (Å²) in [5.74, 6) is 0. The van der Waals surface area contributed by atoms with Gasteiger partial charge in [0.15, 0.2) is 0 Å². The van der Waals surface area contributed by atoms with Crippen LogP contribution in [0.2, 0.25) is 0 Å². The molecular formula is C8H18IN. The van der Waals surface area contributed by atoms with Crippen LogP contribution in [0.15, 0.2) is 0 Å². The molecule has 0 aromatic rings. The lowest BCUT2D eigenvalue weighted by Gasteiger charge is -2.27. The Morgan fingerprint density at radius 2 is 1.20 bits per heavy atom. The fourth-order valence-electron chi connectivity index (χ4n) is 1.55. The van der Waals surface area contributed by atoms with Crippen LogP contribution in [0.25, 0.3) is 0 Å². The maximum Gasteiger partial charge on any atom is 0.0782 e. The van der Waals surface area contributed by atoms with Crippen molar-refractivity contribution in [1.82, 2.24) is 0 Å². The second-order valence-corrected chi connectivity index (χ2v) is 3.80. The van der Waals surface area contributed by atoms with Crippen LogP contribution in [-0.4, -0.2) is 31.7 Å². The zero-order valence-corrected chi connectivity index (χ0v) is 9.23. The summed E-state index contributed by atoms with van der Waals surface area (Å²) in [7, 11) is 4.68. The van der Waals surface area contributed by atoms with Gasteiger partial charge in [-0.1, -0.05) is 0 Å². The highest BCUT2D eigenvalue weighted by molar-refractivity contribution is 4.48. The molecule has 0 aliphatic carbocycles. The van der Waals surface area contributed by atoms with Crippen LogP contribution in [-0.2, 0) is 0 Å². The number of halogens is 1. The maximum absolute atomic E-state index is 2.34. The van der Waals surface area contributed by atoms with Gasteiger partial charge in [-0.15, -0.1) is 0 Å². The highest BCUT2D eigenvalue weighted by Gasteiger charge is 2.16. The standard InChI is InChI=1S/C8H18N.HI/c1-9(2)7-5-3-4-6-8-9;/h3-8H2,1-2H3;1H/q+1;/p-1. The van der Waals surface area contributed by atoms with Crippen molar-refractivity contribution in [1.29, 1.82) is 0 Å². The van der Waals surface area contributed by atoms with E-state index in [9.17, 15) is 0 Å². The summed E-state index contributed by atoms with van der Waals surface area (Å²) < 4.78 is 1.25. The first-order valence-electron chi connectivity index (χ1n) is 4.03. The van der Waals surface area contributed by atoms with Crippen LogP contribution < -0.4 is 24.0 Å². The summed E-state index contributed by atoms with van der Waals surface area (Å²) in [5.41, 5.74) is 0. The first-order valence-corrected chi connectivity index (χ1v) is 4.03. The monoisotopic (exact) mass is 255 g/mol. The average molecular weight is 255 g/mol. The molecule has 1 rings (SSSR count). The van der Waals surface area contributed by atoms with Crippen LogP contribution >= 0.6 is 0 Å². The minimum Gasteiger partial charge on any atom is -1.00 e. The number of hydrogen-bond donors (Lipinski definition) is 0. The molecule has 0 aromatic carbocycles. The van der Waals surface area contributed by atoms with Crippen molar-refractivity contribution in [2.45, 2.75) is 25.7 Å². The van der Waals surface area contributed by atoms with Gasteiger partial charge in [0.05, 0.1) is 27.2 Å². The largest absolute Gasteiger partial charge is 1.00 e. The number of hydrogen-bond acceptors (Lipinski definition) is 0. The molecule has 1 heterocycles. The van der Waals surface area contributed by atoms with E-state index < -0.39 is 0 Å². The molecule has 1 saturated heterocycles. The fraction of sp³-hybridized carbons (Fsp3) is 1.00. The molecule has 1 fully saturated rings. The first kappa shape index (κ1) is 10.7. The summed E-state index contributed by atoms with van der Waals surface area (Å²) in [5, 5.41) is 0. The molecule has 0 atom stereocenters. The number of quaternary nitrogens is 1. The van der Waals surface area contributed by atoms with Crippen LogP contribution in [0, 0.1) is 0 Å². The normalized spacial score (nSPS) is 24.6. The number of nitrogens with zero attached hydrogens (tertiary/aromatic N) is 1. The predicted molar refractivity (Wildman–Crippen MR) is 40.3 cm³/mol. The van der Waals surface area contributed by atoms with Gasteiger partial charge < -0.3 is 28.5 Å². The van der Waals surface area contributed by atoms with Crippen molar-refractivity contribution in [2.24, 2.45) is 0 Å². The second kappa shape index (κ2) is 4.54. The molecule has 1 aliphatic rings. The molecule has 0 aromatic heterocycles. The Balaban J connectivity index is 0.000000810. The van der Waals surface area contributed by atoms with Crippen molar-refractivity contribution < 1.29 is 28.5 Å². The Morgan fingerprint density at radius 3 is 1.60 bits per heavy atom. The van der Waals surface area contributed by atoms with Crippen molar-refractivity contribution in [3.05, 3.63) is 0 Å². The third-order valence-corrected chi connectivity index (χ3v) is 2.28. The molecule has 2 heteroatoms. The zero-order valence-electron chi connectivity index (χ0n) is 7.07. The summed E-state index contributed by atoms with van der Waals surface area (Å²) in [6.07, 6.45) is 5.80. The molecule has 1 nitrogen and oxygen atoms in total. The van der Waals surface area contributed by atoms with E-state index in [0.29, 0.717) is 0 Å². The molecule has 0 unspecified atom stereocenters. The van der Waals surface area contributed by atoms with E-state index in [1.165, 1.54) is 43.3 Å². The van der Waals surface area contributed by atoms with Gasteiger partial charge in [-0.05, 0) is 25.7 Å². The van der Waals surface area contributed by atoms with Gasteiger partial charge in [-0.2, -0.15) is 0 Å². The van der Waals surface area contributed by atoms with Crippen LogP contribution in [0.4, 0.5) is 0 Å². The van der Waals surface area contributed by atoms with Crippen molar-refractivity contribution >= 4 is 0 Å². The van der Waals surface area contributed by atoms with E-state index in [-0.39, 0.29) is 24.0 Å². The van der Waals surface area contributed by atoms with Gasteiger partial charge in [0.1, 0.15) is 0 Å². The minimum absolute atomic E-state index is 0. The summed E-state index contributed by atoms with van der Waals surface area (Å²) in [6.45, 7) is 2.78. The van der Waals surface area contributed by atoms with E-state index in [2.05, 4.69) is 14.1 Å². The topological polar surface area (TPSA) is 0 Å². The molecule has 0 bridgehead atoms. The lowest BCUT2D eigenvalue weighted by atomic mass is 10.2. The quantitative estimate of drug-likeness (QED) is 0.370. The third kappa shape index (κ3) is 3.76. The Hall–Kier alpha value is 0.690. The molecule has 0 amide bonds. The highest BCUT2D eigenvalue weighted by Crippen LogP contribution is 2.12. The Morgan fingerprint density at radius 1 is 0.800 bits per heavy atom. The number of likely N-dealkylation sites (tertiary alicyclic amines) is 1. The van der Waals surface area contributed by atoms with Crippen LogP contribution in [0.3, 0.4) is 0 Å². The molecular weight excluding hydrogens is 237 g/mol. The number of rotatable bonds is 0. The molecule has 0 spiro atoms. The minimum atomic E-state index is 0. The van der Waals surface area contributed by atoms with E-state index in [4.69, 9.17) is 0 Å². The van der Waals surface area contributed by atoms with E-state index in [1.807, 2.05) is 0 Å². The second-order valence-electron chi connectivity index (χ2n) is 3.80. The van der Waals surface area contributed by atoms with Crippen molar-refractivity contribution in [2.75, 3.05) is 27.2 Å². The van der Waals surface area contributed by atoms with E-state index in [0.717, 1.165) is 0 Å². The van der Waals surface area contributed by atoms with E-state index >= 15 is 0 Å². The Kier molecular flexibility index (Phi) is 4.86. The Labute approximate surface area is 81.4 Å². The van der Waals surface area contributed by atoms with Crippen LogP contribution in [0.5, 0.6) is 0 Å². The predicted octanol–water partition coefficient (Wildman–Crippen LogP) is -1.36. The van der Waals surface area contributed by atoms with Gasteiger partial charge in [-0.25, -0.2) is 0 Å². The van der Waals surface area contributed by atoms with Gasteiger partial charge in [0.2, 0.25) is 0 Å². The van der Waals surface area contributed by atoms with E-state index in [1.54, 1.807) is 0 Å². The molecule has 0 N–H and O–H groups in total. The maximum atomic E-state index is 2.34. The smallest absolute Gasteiger partial charge is 0.0782 e. The molecule has 0 saturated carbocycles. The molecule has 0 radical (unpaired) electrons. The van der Waals surface area contributed by atoms with Crippen molar-refractivity contribution in [3.63, 3.8) is 0 Å².